The van der Waals surface area contributed by atoms with E-state index < -0.39 is 5.60 Å². The van der Waals surface area contributed by atoms with Gasteiger partial charge in [-0.25, -0.2) is 14.2 Å². The lowest BCUT2D eigenvalue weighted by Gasteiger charge is -2.33. The van der Waals surface area contributed by atoms with Crippen molar-refractivity contribution in [2.45, 2.75) is 51.7 Å². The highest BCUT2D eigenvalue weighted by Gasteiger charge is 2.29. The van der Waals surface area contributed by atoms with Crippen molar-refractivity contribution in [3.63, 3.8) is 0 Å². The Hall–Kier alpha value is -3.45. The van der Waals surface area contributed by atoms with E-state index in [2.05, 4.69) is 11.1 Å². The number of aromatic nitrogens is 2. The SMILES string of the molecule is CC(C)(C)OC(=O)N1CCCC(Oc2cncc(C3=CCc4ccc(-c5c(F)cccc5Cl)cc43)n2)C1. The average Bonchev–Trinajstić information content (AvgIpc) is 3.27. The van der Waals surface area contributed by atoms with Crippen LogP contribution in [0, 0.1) is 5.82 Å². The van der Waals surface area contributed by atoms with Gasteiger partial charge in [0, 0.05) is 17.7 Å². The molecule has 1 amide bonds. The second-order valence-corrected chi connectivity index (χ2v) is 10.7. The topological polar surface area (TPSA) is 64.5 Å². The molecule has 1 aliphatic heterocycles. The summed E-state index contributed by atoms with van der Waals surface area (Å²) in [5.41, 5.74) is 4.23. The molecule has 8 heteroatoms. The molecular weight excluding hydrogens is 493 g/mol. The van der Waals surface area contributed by atoms with Crippen LogP contribution in [0.25, 0.3) is 16.7 Å². The second kappa shape index (κ2) is 10.1. The van der Waals surface area contributed by atoms with Crippen molar-refractivity contribution in [2.75, 3.05) is 13.1 Å². The lowest BCUT2D eigenvalue weighted by Crippen LogP contribution is -2.46. The van der Waals surface area contributed by atoms with E-state index in [0.29, 0.717) is 40.8 Å². The van der Waals surface area contributed by atoms with Gasteiger partial charge >= 0.3 is 6.09 Å². The summed E-state index contributed by atoms with van der Waals surface area (Å²) in [4.78, 5) is 23.3. The zero-order chi connectivity index (χ0) is 26.2. The Kier molecular flexibility index (Phi) is 6.90. The highest BCUT2D eigenvalue weighted by Crippen LogP contribution is 2.38. The second-order valence-electron chi connectivity index (χ2n) is 10.3. The minimum atomic E-state index is -0.548. The maximum Gasteiger partial charge on any atom is 0.410 e. The van der Waals surface area contributed by atoms with E-state index in [9.17, 15) is 9.18 Å². The summed E-state index contributed by atoms with van der Waals surface area (Å²) in [6.45, 7) is 6.63. The molecule has 192 valence electrons. The van der Waals surface area contributed by atoms with Crippen molar-refractivity contribution in [1.29, 1.82) is 0 Å². The number of carbonyl (C=O) groups is 1. The molecule has 0 N–H and O–H groups in total. The van der Waals surface area contributed by atoms with Gasteiger partial charge in [0.15, 0.2) is 0 Å². The summed E-state index contributed by atoms with van der Waals surface area (Å²) in [5.74, 6) is 0.0373. The first kappa shape index (κ1) is 25.2. The van der Waals surface area contributed by atoms with Gasteiger partial charge in [-0.2, -0.15) is 0 Å². The first-order chi connectivity index (χ1) is 17.7. The van der Waals surface area contributed by atoms with Crippen LogP contribution in [0.3, 0.4) is 0 Å². The van der Waals surface area contributed by atoms with Gasteiger partial charge < -0.3 is 14.4 Å². The molecular formula is C29H29ClFN3O3. The zero-order valence-electron chi connectivity index (χ0n) is 21.1. The van der Waals surface area contributed by atoms with E-state index in [4.69, 9.17) is 26.1 Å². The number of hydrogen-bond donors (Lipinski definition) is 0. The molecule has 2 heterocycles. The Morgan fingerprint density at radius 1 is 1.19 bits per heavy atom. The monoisotopic (exact) mass is 521 g/mol. The van der Waals surface area contributed by atoms with Crippen molar-refractivity contribution in [2.24, 2.45) is 0 Å². The molecule has 0 spiro atoms. The highest BCUT2D eigenvalue weighted by molar-refractivity contribution is 6.33. The first-order valence-electron chi connectivity index (χ1n) is 12.4. The van der Waals surface area contributed by atoms with E-state index in [1.807, 2.05) is 39.0 Å². The minimum absolute atomic E-state index is 0.203. The van der Waals surface area contributed by atoms with Gasteiger partial charge in [-0.3, -0.25) is 4.98 Å². The maximum absolute atomic E-state index is 14.6. The number of nitrogens with zero attached hydrogens (tertiary/aromatic N) is 3. The number of halogens is 2. The smallest absolute Gasteiger partial charge is 0.410 e. The number of piperidine rings is 1. The molecule has 0 radical (unpaired) electrons. The van der Waals surface area contributed by atoms with Crippen molar-refractivity contribution < 1.29 is 18.7 Å². The molecule has 2 aliphatic rings. The molecule has 6 nitrogen and oxygen atoms in total. The summed E-state index contributed by atoms with van der Waals surface area (Å²) in [7, 11) is 0. The number of rotatable bonds is 4. The molecule has 2 aromatic carbocycles. The third-order valence-corrected chi connectivity index (χ3v) is 6.70. The third-order valence-electron chi connectivity index (χ3n) is 6.38. The number of fused-ring (bicyclic) bond motifs is 1. The van der Waals surface area contributed by atoms with Gasteiger partial charge in [-0.15, -0.1) is 0 Å². The van der Waals surface area contributed by atoms with Crippen LogP contribution in [-0.2, 0) is 11.2 Å². The van der Waals surface area contributed by atoms with Gasteiger partial charge in [-0.05, 0) is 74.9 Å². The molecule has 37 heavy (non-hydrogen) atoms. The Morgan fingerprint density at radius 2 is 2.03 bits per heavy atom. The Balaban J connectivity index is 1.34. The number of allylic oxidation sites excluding steroid dienone is 1. The molecule has 3 aromatic rings. The summed E-state index contributed by atoms with van der Waals surface area (Å²) in [6, 6.07) is 10.5. The van der Waals surface area contributed by atoms with E-state index in [1.165, 1.54) is 6.07 Å². The van der Waals surface area contributed by atoms with E-state index in [0.717, 1.165) is 36.0 Å². The number of hydrogen-bond acceptors (Lipinski definition) is 5. The molecule has 1 saturated heterocycles. The highest BCUT2D eigenvalue weighted by atomic mass is 35.5. The summed E-state index contributed by atoms with van der Waals surface area (Å²) < 4.78 is 26.2. The summed E-state index contributed by atoms with van der Waals surface area (Å²) in [6.07, 6.45) is 7.21. The predicted molar refractivity (Wildman–Crippen MR) is 141 cm³/mol. The largest absolute Gasteiger partial charge is 0.471 e. The molecule has 1 aromatic heterocycles. The van der Waals surface area contributed by atoms with Gasteiger partial charge in [-0.1, -0.05) is 35.9 Å². The lowest BCUT2D eigenvalue weighted by atomic mass is 9.96. The van der Waals surface area contributed by atoms with Crippen LogP contribution < -0.4 is 4.74 Å². The number of benzene rings is 2. The number of carbonyl (C=O) groups excluding carboxylic acids is 1. The van der Waals surface area contributed by atoms with Gasteiger partial charge in [0.2, 0.25) is 5.88 Å². The standard InChI is InChI=1S/C29H29ClFN3O3/c1-29(2,3)37-28(35)34-13-5-6-20(17-34)36-26-16-32-15-25(33-26)21-12-11-18-9-10-19(14-22(18)21)27-23(30)7-4-8-24(27)31/h4,7-10,12,14-16,20H,5-6,11,13,17H2,1-3H3. The fourth-order valence-corrected chi connectivity index (χ4v) is 5.00. The molecule has 1 aliphatic carbocycles. The lowest BCUT2D eigenvalue weighted by molar-refractivity contribution is 0.00717. The molecule has 1 fully saturated rings. The molecule has 1 unspecified atom stereocenters. The Bertz CT molecular complexity index is 1350. The minimum Gasteiger partial charge on any atom is -0.471 e. The van der Waals surface area contributed by atoms with Crippen LogP contribution in [0.15, 0.2) is 54.9 Å². The van der Waals surface area contributed by atoms with Crippen molar-refractivity contribution >= 4 is 23.3 Å². The molecule has 5 rings (SSSR count). The summed E-state index contributed by atoms with van der Waals surface area (Å²) in [5, 5.41) is 0.367. The molecule has 0 saturated carbocycles. The van der Waals surface area contributed by atoms with Gasteiger partial charge in [0.05, 0.1) is 29.7 Å². The quantitative estimate of drug-likeness (QED) is 0.382. The Labute approximate surface area is 221 Å². The van der Waals surface area contributed by atoms with E-state index in [1.54, 1.807) is 29.4 Å². The van der Waals surface area contributed by atoms with Crippen LogP contribution in [0.4, 0.5) is 9.18 Å². The predicted octanol–water partition coefficient (Wildman–Crippen LogP) is 6.70. The van der Waals surface area contributed by atoms with Crippen molar-refractivity contribution in [3.05, 3.63) is 82.5 Å². The average molecular weight is 522 g/mol. The Morgan fingerprint density at radius 3 is 2.81 bits per heavy atom. The van der Waals surface area contributed by atoms with Crippen LogP contribution in [-0.4, -0.2) is 45.8 Å². The third kappa shape index (κ3) is 5.62. The van der Waals surface area contributed by atoms with Crippen LogP contribution >= 0.6 is 11.6 Å². The van der Waals surface area contributed by atoms with Gasteiger partial charge in [0.25, 0.3) is 0 Å². The van der Waals surface area contributed by atoms with Crippen molar-refractivity contribution in [1.82, 2.24) is 14.9 Å². The van der Waals surface area contributed by atoms with Crippen LogP contribution in [0.1, 0.15) is 50.4 Å². The fourth-order valence-electron chi connectivity index (χ4n) is 4.73. The van der Waals surface area contributed by atoms with E-state index >= 15 is 0 Å². The molecule has 1 atom stereocenters. The van der Waals surface area contributed by atoms with Gasteiger partial charge in [0.1, 0.15) is 17.5 Å². The first-order valence-corrected chi connectivity index (χ1v) is 12.8. The normalized spacial score (nSPS) is 17.3. The zero-order valence-corrected chi connectivity index (χ0v) is 21.9. The fraction of sp³-hybridized carbons (Fsp3) is 0.345. The van der Waals surface area contributed by atoms with Crippen LogP contribution in [0.5, 0.6) is 5.88 Å². The molecule has 0 bridgehead atoms. The number of amides is 1. The van der Waals surface area contributed by atoms with E-state index in [-0.39, 0.29) is 18.0 Å². The number of likely N-dealkylation sites (tertiary alicyclic amines) is 1. The van der Waals surface area contributed by atoms with Crippen molar-refractivity contribution in [3.8, 4) is 17.0 Å². The summed E-state index contributed by atoms with van der Waals surface area (Å²) >= 11 is 6.32. The van der Waals surface area contributed by atoms with Crippen LogP contribution in [0.2, 0.25) is 5.02 Å². The maximum atomic E-state index is 14.6. The number of ether oxygens (including phenoxy) is 2.